The van der Waals surface area contributed by atoms with E-state index in [0.717, 1.165) is 4.90 Å². The number of hydrogen-bond acceptors (Lipinski definition) is 4. The van der Waals surface area contributed by atoms with Crippen LogP contribution in [0.5, 0.6) is 0 Å². The summed E-state index contributed by atoms with van der Waals surface area (Å²) in [7, 11) is 1.39. The lowest BCUT2D eigenvalue weighted by Gasteiger charge is -1.84. The first-order chi connectivity index (χ1) is 5.16. The molecule has 0 aliphatic heterocycles. The summed E-state index contributed by atoms with van der Waals surface area (Å²) < 4.78 is 4.55. The molecular formula is C5H8N3O3+. The lowest BCUT2D eigenvalue weighted by molar-refractivity contribution is -1.02. The summed E-state index contributed by atoms with van der Waals surface area (Å²) >= 11 is 0. The summed E-state index contributed by atoms with van der Waals surface area (Å²) in [6.45, 7) is 1.61. The van der Waals surface area contributed by atoms with E-state index in [1.807, 2.05) is 0 Å². The molecule has 0 saturated carbocycles. The molecule has 11 heavy (non-hydrogen) atoms. The monoisotopic (exact) mass is 158 g/mol. The molecule has 1 aromatic heterocycles. The van der Waals surface area contributed by atoms with E-state index in [9.17, 15) is 4.79 Å². The fourth-order valence-electron chi connectivity index (χ4n) is 0.685. The maximum absolute atomic E-state index is 10.6. The number of nitrogens with zero attached hydrogens (tertiary/aromatic N) is 2. The van der Waals surface area contributed by atoms with Gasteiger partial charge in [0.2, 0.25) is 0 Å². The molecule has 6 heteroatoms. The first kappa shape index (κ1) is 7.52. The van der Waals surface area contributed by atoms with Gasteiger partial charge in [0.1, 0.15) is 12.0 Å². The summed E-state index contributed by atoms with van der Waals surface area (Å²) in [6, 6.07) is 0. The van der Waals surface area contributed by atoms with E-state index >= 15 is 0 Å². The van der Waals surface area contributed by atoms with Crippen molar-refractivity contribution in [1.29, 1.82) is 0 Å². The van der Waals surface area contributed by atoms with Crippen LogP contribution >= 0.6 is 0 Å². The molecule has 0 radical (unpaired) electrons. The Bertz CT molecular complexity index is 281. The van der Waals surface area contributed by atoms with Crippen LogP contribution in [0, 0.1) is 6.92 Å². The van der Waals surface area contributed by atoms with Gasteiger partial charge in [0, 0.05) is 6.92 Å². The zero-order valence-electron chi connectivity index (χ0n) is 6.20. The third-order valence-corrected chi connectivity index (χ3v) is 1.22. The Morgan fingerprint density at radius 1 is 1.82 bits per heavy atom. The average molecular weight is 158 g/mol. The Labute approximate surface area is 62.4 Å². The summed E-state index contributed by atoms with van der Waals surface area (Å²) in [5.74, 6) is -0.637. The maximum atomic E-state index is 10.6. The van der Waals surface area contributed by atoms with E-state index < -0.39 is 5.91 Å². The molecule has 0 spiro atoms. The Hall–Kier alpha value is -1.59. The Kier molecular flexibility index (Phi) is 1.75. The molecule has 6 nitrogen and oxygen atoms in total. The number of nitrogens with two attached hydrogens (primary N) is 1. The van der Waals surface area contributed by atoms with Gasteiger partial charge in [-0.2, -0.15) is 0 Å². The predicted octanol–water partition coefficient (Wildman–Crippen LogP) is -1.57. The second kappa shape index (κ2) is 2.57. The first-order valence-electron chi connectivity index (χ1n) is 2.90. The maximum Gasteiger partial charge on any atom is 0.337 e. The normalized spacial score (nSPS) is 9.64. The fourth-order valence-corrected chi connectivity index (χ4v) is 0.685. The third kappa shape index (κ3) is 1.14. The van der Waals surface area contributed by atoms with Crippen molar-refractivity contribution in [2.75, 3.05) is 7.11 Å². The van der Waals surface area contributed by atoms with Gasteiger partial charge in [0.15, 0.2) is 5.16 Å². The highest BCUT2D eigenvalue weighted by Gasteiger charge is 2.25. The molecule has 0 bridgehead atoms. The average Bonchev–Trinajstić information content (AvgIpc) is 2.30. The molecule has 60 valence electrons. The number of hydrogen-bond donors (Lipinski definition) is 1. The van der Waals surface area contributed by atoms with Crippen LogP contribution in [0.2, 0.25) is 0 Å². The van der Waals surface area contributed by atoms with Gasteiger partial charge in [0.05, 0.1) is 0 Å². The van der Waals surface area contributed by atoms with E-state index in [1.165, 1.54) is 7.11 Å². The molecule has 0 saturated heterocycles. The molecule has 0 aliphatic rings. The number of amides is 1. The second-order valence-corrected chi connectivity index (χ2v) is 1.91. The lowest BCUT2D eigenvalue weighted by Crippen LogP contribution is -2.41. The van der Waals surface area contributed by atoms with Gasteiger partial charge < -0.3 is 10.6 Å². The number of carbonyl (C=O) groups is 1. The van der Waals surface area contributed by atoms with Crippen molar-refractivity contribution in [3.05, 3.63) is 11.4 Å². The van der Waals surface area contributed by atoms with Crippen LogP contribution in [0.3, 0.4) is 0 Å². The summed E-state index contributed by atoms with van der Waals surface area (Å²) in [5.41, 5.74) is 5.47. The molecular weight excluding hydrogens is 150 g/mol. The van der Waals surface area contributed by atoms with Crippen LogP contribution in [0.25, 0.3) is 0 Å². The highest BCUT2D eigenvalue weighted by Crippen LogP contribution is 1.95. The molecule has 0 aliphatic carbocycles. The van der Waals surface area contributed by atoms with Crippen molar-refractivity contribution in [3.8, 4) is 0 Å². The van der Waals surface area contributed by atoms with Crippen molar-refractivity contribution in [2.24, 2.45) is 5.73 Å². The summed E-state index contributed by atoms with van der Waals surface area (Å²) in [6.07, 6.45) is 0. The number of rotatable bonds is 2. The predicted molar refractivity (Wildman–Crippen MR) is 32.5 cm³/mol. The van der Waals surface area contributed by atoms with Gasteiger partial charge in [0.25, 0.3) is 5.69 Å². The van der Waals surface area contributed by atoms with E-state index in [1.54, 1.807) is 6.92 Å². The van der Waals surface area contributed by atoms with E-state index in [4.69, 9.17) is 5.73 Å². The van der Waals surface area contributed by atoms with E-state index in [2.05, 4.69) is 14.6 Å². The lowest BCUT2D eigenvalue weighted by atomic mass is 10.3. The number of primary amides is 1. The minimum absolute atomic E-state index is 0.0758. The van der Waals surface area contributed by atoms with Gasteiger partial charge >= 0.3 is 11.6 Å². The molecule has 0 fully saturated rings. The standard InChI is InChI=1S/C5H7N3O3/c1-3-4(5(6)9)7-11-8(3)10-2/h1-2H3,(H-,6,9)/p+1. The smallest absolute Gasteiger partial charge is 0.337 e. The minimum Gasteiger partial charge on any atom is -0.362 e. The van der Waals surface area contributed by atoms with Crippen molar-refractivity contribution in [3.63, 3.8) is 0 Å². The molecule has 1 amide bonds. The molecule has 0 unspecified atom stereocenters. The topological polar surface area (TPSA) is 82.2 Å². The molecule has 1 heterocycles. The van der Waals surface area contributed by atoms with Crippen LogP contribution in [-0.4, -0.2) is 18.2 Å². The highest BCUT2D eigenvalue weighted by atomic mass is 16.8. The number of aromatic nitrogens is 2. The highest BCUT2D eigenvalue weighted by molar-refractivity contribution is 5.91. The Balaban J connectivity index is 3.10. The largest absolute Gasteiger partial charge is 0.362 e. The van der Waals surface area contributed by atoms with E-state index in [-0.39, 0.29) is 5.69 Å². The van der Waals surface area contributed by atoms with Crippen LogP contribution in [0.1, 0.15) is 16.2 Å². The van der Waals surface area contributed by atoms with Crippen molar-refractivity contribution in [2.45, 2.75) is 6.92 Å². The van der Waals surface area contributed by atoms with Crippen molar-refractivity contribution in [1.82, 2.24) is 5.16 Å². The fraction of sp³-hybridized carbons (Fsp3) is 0.400. The van der Waals surface area contributed by atoms with Gasteiger partial charge in [-0.25, -0.2) is 0 Å². The van der Waals surface area contributed by atoms with E-state index in [0.29, 0.717) is 5.69 Å². The van der Waals surface area contributed by atoms with Crippen LogP contribution < -0.4 is 15.5 Å². The van der Waals surface area contributed by atoms with Crippen LogP contribution in [0.15, 0.2) is 4.63 Å². The molecule has 2 N–H and O–H groups in total. The number of carbonyl (C=O) groups excluding carboxylic acids is 1. The van der Waals surface area contributed by atoms with Gasteiger partial charge in [-0.15, -0.1) is 0 Å². The van der Waals surface area contributed by atoms with Crippen molar-refractivity contribution >= 4 is 5.91 Å². The second-order valence-electron chi connectivity index (χ2n) is 1.91. The van der Waals surface area contributed by atoms with Gasteiger partial charge in [-0.3, -0.25) is 4.79 Å². The molecule has 1 rings (SSSR count). The van der Waals surface area contributed by atoms with Crippen LogP contribution in [0.4, 0.5) is 0 Å². The third-order valence-electron chi connectivity index (χ3n) is 1.22. The van der Waals surface area contributed by atoms with Gasteiger partial charge in [-0.1, -0.05) is 0 Å². The molecule has 0 aromatic carbocycles. The zero-order valence-corrected chi connectivity index (χ0v) is 6.20. The SMILES string of the molecule is CO[n+]1onc(C(N)=O)c1C. The Morgan fingerprint density at radius 2 is 2.45 bits per heavy atom. The summed E-state index contributed by atoms with van der Waals surface area (Å²) in [5, 5.41) is 3.37. The van der Waals surface area contributed by atoms with Crippen LogP contribution in [-0.2, 0) is 0 Å². The Morgan fingerprint density at radius 3 is 2.73 bits per heavy atom. The zero-order chi connectivity index (χ0) is 8.43. The first-order valence-corrected chi connectivity index (χ1v) is 2.90. The minimum atomic E-state index is -0.637. The van der Waals surface area contributed by atoms with Crippen molar-refractivity contribution < 1.29 is 19.2 Å². The molecule has 0 atom stereocenters. The molecule has 1 aromatic rings. The summed E-state index contributed by atoms with van der Waals surface area (Å²) in [4.78, 5) is 16.2. The quantitative estimate of drug-likeness (QED) is 0.563. The van der Waals surface area contributed by atoms with Gasteiger partial charge in [-0.05, 0) is 4.63 Å².